The van der Waals surface area contributed by atoms with Gasteiger partial charge in [0.2, 0.25) is 5.91 Å². The number of hydrogen-bond acceptors (Lipinski definition) is 3. The molecule has 0 aromatic heterocycles. The lowest BCUT2D eigenvalue weighted by Crippen LogP contribution is -2.34. The van der Waals surface area contributed by atoms with E-state index in [-0.39, 0.29) is 12.0 Å². The van der Waals surface area contributed by atoms with Crippen molar-refractivity contribution < 1.29 is 9.90 Å². The first-order valence-electron chi connectivity index (χ1n) is 6.34. The number of aliphatic hydroxyl groups is 1. The maximum atomic E-state index is 10.8. The molecule has 3 N–H and O–H groups in total. The third-order valence-corrected chi connectivity index (χ3v) is 2.86. The summed E-state index contributed by atoms with van der Waals surface area (Å²) in [6.45, 7) is 3.82. The smallest absolute Gasteiger partial charge is 0.218 e. The van der Waals surface area contributed by atoms with Crippen LogP contribution in [0.3, 0.4) is 0 Å². The molecule has 1 aromatic carbocycles. The van der Waals surface area contributed by atoms with Gasteiger partial charge >= 0.3 is 0 Å². The van der Waals surface area contributed by atoms with Crippen LogP contribution in [0.1, 0.15) is 25.3 Å². The predicted molar refractivity (Wildman–Crippen MR) is 71.8 cm³/mol. The SMILES string of the molecule is CC[C@@H](O)CN(CCC(N)=O)Cc1ccccc1. The normalized spacial score (nSPS) is 12.6. The topological polar surface area (TPSA) is 66.6 Å². The van der Waals surface area contributed by atoms with Gasteiger partial charge in [-0.25, -0.2) is 0 Å². The second-order valence-corrected chi connectivity index (χ2v) is 4.50. The van der Waals surface area contributed by atoms with Crippen molar-refractivity contribution in [2.75, 3.05) is 13.1 Å². The van der Waals surface area contributed by atoms with Crippen LogP contribution in [0.5, 0.6) is 0 Å². The van der Waals surface area contributed by atoms with E-state index in [1.165, 1.54) is 5.56 Å². The van der Waals surface area contributed by atoms with Gasteiger partial charge in [0.25, 0.3) is 0 Å². The monoisotopic (exact) mass is 250 g/mol. The molecule has 0 bridgehead atoms. The van der Waals surface area contributed by atoms with Crippen LogP contribution < -0.4 is 5.73 Å². The van der Waals surface area contributed by atoms with E-state index in [1.807, 2.05) is 37.3 Å². The minimum atomic E-state index is -0.360. The predicted octanol–water partition coefficient (Wildman–Crippen LogP) is 1.13. The number of rotatable bonds is 8. The third-order valence-electron chi connectivity index (χ3n) is 2.86. The molecule has 0 aliphatic rings. The van der Waals surface area contributed by atoms with Gasteiger partial charge in [0.15, 0.2) is 0 Å². The molecule has 0 spiro atoms. The maximum Gasteiger partial charge on any atom is 0.218 e. The Labute approximate surface area is 108 Å². The lowest BCUT2D eigenvalue weighted by atomic mass is 10.2. The molecule has 1 amide bonds. The highest BCUT2D eigenvalue weighted by atomic mass is 16.3. The number of carbonyl (C=O) groups is 1. The summed E-state index contributed by atoms with van der Waals surface area (Å²) in [5, 5.41) is 9.71. The van der Waals surface area contributed by atoms with Gasteiger partial charge in [0.1, 0.15) is 0 Å². The second-order valence-electron chi connectivity index (χ2n) is 4.50. The number of nitrogens with two attached hydrogens (primary N) is 1. The van der Waals surface area contributed by atoms with Gasteiger partial charge < -0.3 is 10.8 Å². The number of hydrogen-bond donors (Lipinski definition) is 2. The van der Waals surface area contributed by atoms with E-state index in [1.54, 1.807) is 0 Å². The fourth-order valence-electron chi connectivity index (χ4n) is 1.77. The zero-order valence-corrected chi connectivity index (χ0v) is 10.9. The summed E-state index contributed by atoms with van der Waals surface area (Å²) in [6.07, 6.45) is 0.673. The molecule has 4 nitrogen and oxygen atoms in total. The van der Waals surface area contributed by atoms with Crippen molar-refractivity contribution >= 4 is 5.91 Å². The van der Waals surface area contributed by atoms with E-state index in [4.69, 9.17) is 5.73 Å². The minimum Gasteiger partial charge on any atom is -0.392 e. The highest BCUT2D eigenvalue weighted by Gasteiger charge is 2.11. The van der Waals surface area contributed by atoms with Crippen LogP contribution in [-0.4, -0.2) is 35.1 Å². The zero-order chi connectivity index (χ0) is 13.4. The van der Waals surface area contributed by atoms with Crippen LogP contribution in [0.25, 0.3) is 0 Å². The van der Waals surface area contributed by atoms with Crippen LogP contribution in [0.4, 0.5) is 0 Å². The fraction of sp³-hybridized carbons (Fsp3) is 0.500. The van der Waals surface area contributed by atoms with Crippen molar-refractivity contribution in [3.05, 3.63) is 35.9 Å². The van der Waals surface area contributed by atoms with Crippen molar-refractivity contribution in [3.8, 4) is 0 Å². The van der Waals surface area contributed by atoms with E-state index in [2.05, 4.69) is 4.90 Å². The molecule has 0 saturated carbocycles. The molecule has 1 aromatic rings. The van der Waals surface area contributed by atoms with Crippen LogP contribution in [0.15, 0.2) is 30.3 Å². The van der Waals surface area contributed by atoms with Crippen molar-refractivity contribution in [3.63, 3.8) is 0 Å². The van der Waals surface area contributed by atoms with Crippen molar-refractivity contribution in [1.82, 2.24) is 4.90 Å². The zero-order valence-electron chi connectivity index (χ0n) is 10.9. The number of amides is 1. The third kappa shape index (κ3) is 5.80. The molecule has 1 atom stereocenters. The summed E-state index contributed by atoms with van der Waals surface area (Å²) < 4.78 is 0. The Kier molecular flexibility index (Phi) is 6.39. The highest BCUT2D eigenvalue weighted by Crippen LogP contribution is 2.07. The summed E-state index contributed by atoms with van der Waals surface area (Å²) in [5.74, 6) is -0.306. The first-order chi connectivity index (χ1) is 8.61. The summed E-state index contributed by atoms with van der Waals surface area (Å²) >= 11 is 0. The molecule has 0 unspecified atom stereocenters. The highest BCUT2D eigenvalue weighted by molar-refractivity contribution is 5.73. The van der Waals surface area contributed by atoms with Crippen molar-refractivity contribution in [1.29, 1.82) is 0 Å². The molecule has 1 rings (SSSR count). The van der Waals surface area contributed by atoms with Gasteiger partial charge in [0, 0.05) is 26.1 Å². The quantitative estimate of drug-likeness (QED) is 0.727. The molecule has 0 fully saturated rings. The van der Waals surface area contributed by atoms with Crippen molar-refractivity contribution in [2.45, 2.75) is 32.4 Å². The van der Waals surface area contributed by atoms with Gasteiger partial charge in [-0.1, -0.05) is 37.3 Å². The first kappa shape index (κ1) is 14.7. The van der Waals surface area contributed by atoms with Gasteiger partial charge in [-0.2, -0.15) is 0 Å². The molecular formula is C14H22N2O2. The van der Waals surface area contributed by atoms with Crippen LogP contribution >= 0.6 is 0 Å². The molecule has 0 heterocycles. The first-order valence-corrected chi connectivity index (χ1v) is 6.34. The summed E-state index contributed by atoms with van der Waals surface area (Å²) in [5.41, 5.74) is 6.34. The summed E-state index contributed by atoms with van der Waals surface area (Å²) in [6, 6.07) is 10.0. The van der Waals surface area contributed by atoms with E-state index < -0.39 is 0 Å². The Bertz CT molecular complexity index is 354. The number of benzene rings is 1. The number of carbonyl (C=O) groups excluding carboxylic acids is 1. The summed E-state index contributed by atoms with van der Waals surface area (Å²) in [4.78, 5) is 12.9. The number of aliphatic hydroxyl groups excluding tert-OH is 1. The Morgan fingerprint density at radius 1 is 1.39 bits per heavy atom. The molecule has 100 valence electrons. The molecule has 4 heteroatoms. The minimum absolute atomic E-state index is 0.306. The van der Waals surface area contributed by atoms with Crippen LogP contribution in [0.2, 0.25) is 0 Å². The summed E-state index contributed by atoms with van der Waals surface area (Å²) in [7, 11) is 0. The molecule has 0 saturated heterocycles. The van der Waals surface area contributed by atoms with E-state index in [0.717, 1.165) is 6.54 Å². The Balaban J connectivity index is 2.56. The standard InChI is InChI=1S/C14H22N2O2/c1-2-13(17)11-16(9-8-14(15)18)10-12-6-4-3-5-7-12/h3-7,13,17H,2,8-11H2,1H3,(H2,15,18)/t13-/m1/s1. The largest absolute Gasteiger partial charge is 0.392 e. The number of nitrogens with zero attached hydrogens (tertiary/aromatic N) is 1. The Morgan fingerprint density at radius 2 is 2.06 bits per heavy atom. The molecular weight excluding hydrogens is 228 g/mol. The average molecular weight is 250 g/mol. The molecule has 0 aliphatic carbocycles. The van der Waals surface area contributed by atoms with Gasteiger partial charge in [-0.3, -0.25) is 9.69 Å². The van der Waals surface area contributed by atoms with E-state index >= 15 is 0 Å². The average Bonchev–Trinajstić information content (AvgIpc) is 2.37. The van der Waals surface area contributed by atoms with E-state index in [0.29, 0.717) is 25.9 Å². The van der Waals surface area contributed by atoms with Gasteiger partial charge in [-0.15, -0.1) is 0 Å². The van der Waals surface area contributed by atoms with Crippen LogP contribution in [-0.2, 0) is 11.3 Å². The fourth-order valence-corrected chi connectivity index (χ4v) is 1.77. The maximum absolute atomic E-state index is 10.8. The van der Waals surface area contributed by atoms with Gasteiger partial charge in [-0.05, 0) is 12.0 Å². The lowest BCUT2D eigenvalue weighted by molar-refractivity contribution is -0.118. The molecule has 0 aliphatic heterocycles. The van der Waals surface area contributed by atoms with E-state index in [9.17, 15) is 9.90 Å². The molecule has 18 heavy (non-hydrogen) atoms. The Hall–Kier alpha value is -1.39. The lowest BCUT2D eigenvalue weighted by Gasteiger charge is -2.24. The second kappa shape index (κ2) is 7.84. The van der Waals surface area contributed by atoms with Crippen molar-refractivity contribution in [2.24, 2.45) is 5.73 Å². The Morgan fingerprint density at radius 3 is 2.61 bits per heavy atom. The molecule has 0 radical (unpaired) electrons. The van der Waals surface area contributed by atoms with Crippen LogP contribution in [0, 0.1) is 0 Å². The number of primary amides is 1. The van der Waals surface area contributed by atoms with Gasteiger partial charge in [0.05, 0.1) is 6.10 Å².